The van der Waals surface area contributed by atoms with Crippen LogP contribution >= 0.6 is 11.6 Å². The van der Waals surface area contributed by atoms with Crippen molar-refractivity contribution in [3.63, 3.8) is 0 Å². The molecule has 0 aromatic heterocycles. The summed E-state index contributed by atoms with van der Waals surface area (Å²) in [6.07, 6.45) is -0.902. The topological polar surface area (TPSA) is 63.6 Å². The molecule has 0 spiro atoms. The van der Waals surface area contributed by atoms with E-state index in [1.807, 2.05) is 0 Å². The van der Waals surface area contributed by atoms with Crippen molar-refractivity contribution in [2.24, 2.45) is 0 Å². The minimum absolute atomic E-state index is 0.0431. The Morgan fingerprint density at radius 2 is 2.12 bits per heavy atom. The molecular weight excluding hydrogens is 264 g/mol. The van der Waals surface area contributed by atoms with Crippen molar-refractivity contribution in [3.05, 3.63) is 28.8 Å². The van der Waals surface area contributed by atoms with Gasteiger partial charge in [0.1, 0.15) is 11.9 Å². The lowest BCUT2D eigenvalue weighted by atomic mass is 10.1. The molecule has 0 radical (unpaired) electrons. The molecule has 1 saturated heterocycles. The Kier molecular flexibility index (Phi) is 3.34. The van der Waals surface area contributed by atoms with Gasteiger partial charge in [-0.25, -0.2) is 8.42 Å². The molecule has 1 aromatic rings. The van der Waals surface area contributed by atoms with Gasteiger partial charge in [0.15, 0.2) is 9.84 Å². The van der Waals surface area contributed by atoms with Gasteiger partial charge in [-0.1, -0.05) is 17.7 Å². The largest absolute Gasteiger partial charge is 0.487 e. The molecule has 0 amide bonds. The van der Waals surface area contributed by atoms with Crippen molar-refractivity contribution in [2.75, 3.05) is 11.5 Å². The summed E-state index contributed by atoms with van der Waals surface area (Å²) >= 11 is 5.98. The molecule has 1 atom stereocenters. The van der Waals surface area contributed by atoms with Crippen LogP contribution in [0.25, 0.3) is 0 Å². The molecule has 4 nitrogen and oxygen atoms in total. The third kappa shape index (κ3) is 2.91. The number of benzene rings is 1. The summed E-state index contributed by atoms with van der Waals surface area (Å²) < 4.78 is 27.4. The van der Waals surface area contributed by atoms with E-state index in [-0.39, 0.29) is 17.6 Å². The number of aliphatic hydroxyl groups excluding tert-OH is 1. The average Bonchev–Trinajstić information content (AvgIpc) is 2.17. The Balaban J connectivity index is 2.08. The maximum Gasteiger partial charge on any atom is 0.157 e. The summed E-state index contributed by atoms with van der Waals surface area (Å²) in [7, 11) is -2.89. The standard InChI is InChI=1S/C11H13ClO4S/c1-7(13)8-2-3-11(10(12)4-8)16-9-5-17(14,15)6-9/h2-4,7,9,13H,5-6H2,1H3. The second-order valence-corrected chi connectivity index (χ2v) is 6.74. The first-order chi connectivity index (χ1) is 7.87. The number of aliphatic hydroxyl groups is 1. The van der Waals surface area contributed by atoms with E-state index in [9.17, 15) is 13.5 Å². The minimum atomic E-state index is -2.89. The molecule has 1 fully saturated rings. The Labute approximate surface area is 105 Å². The summed E-state index contributed by atoms with van der Waals surface area (Å²) in [5, 5.41) is 9.75. The van der Waals surface area contributed by atoms with Crippen LogP contribution in [0.3, 0.4) is 0 Å². The van der Waals surface area contributed by atoms with E-state index in [4.69, 9.17) is 16.3 Å². The first-order valence-electron chi connectivity index (χ1n) is 5.22. The third-order valence-corrected chi connectivity index (χ3v) is 4.67. The lowest BCUT2D eigenvalue weighted by Crippen LogP contribution is -2.45. The number of hydrogen-bond acceptors (Lipinski definition) is 4. The summed E-state index contributed by atoms with van der Waals surface area (Å²) in [4.78, 5) is 0. The van der Waals surface area contributed by atoms with Gasteiger partial charge in [-0.15, -0.1) is 0 Å². The number of sulfone groups is 1. The van der Waals surface area contributed by atoms with Gasteiger partial charge >= 0.3 is 0 Å². The molecular formula is C11H13ClO4S. The van der Waals surface area contributed by atoms with Crippen molar-refractivity contribution in [3.8, 4) is 5.75 Å². The average molecular weight is 277 g/mol. The summed E-state index contributed by atoms with van der Waals surface area (Å²) in [5.74, 6) is 0.541. The molecule has 94 valence electrons. The van der Waals surface area contributed by atoms with Gasteiger partial charge in [0.05, 0.1) is 22.6 Å². The minimum Gasteiger partial charge on any atom is -0.487 e. The molecule has 1 aromatic carbocycles. The molecule has 0 saturated carbocycles. The van der Waals surface area contributed by atoms with Gasteiger partial charge in [-0.2, -0.15) is 0 Å². The van der Waals surface area contributed by atoms with E-state index in [1.165, 1.54) is 0 Å². The highest BCUT2D eigenvalue weighted by molar-refractivity contribution is 7.92. The van der Waals surface area contributed by atoms with Crippen LogP contribution in [0.2, 0.25) is 5.02 Å². The third-order valence-electron chi connectivity index (χ3n) is 2.61. The molecule has 0 bridgehead atoms. The van der Waals surface area contributed by atoms with E-state index in [0.29, 0.717) is 16.3 Å². The summed E-state index contributed by atoms with van der Waals surface area (Å²) in [6.45, 7) is 1.64. The Morgan fingerprint density at radius 1 is 1.47 bits per heavy atom. The quantitative estimate of drug-likeness (QED) is 0.910. The van der Waals surface area contributed by atoms with Crippen LogP contribution in [0.15, 0.2) is 18.2 Å². The molecule has 0 aliphatic carbocycles. The van der Waals surface area contributed by atoms with Crippen molar-refractivity contribution in [2.45, 2.75) is 19.1 Å². The van der Waals surface area contributed by atoms with Gasteiger partial charge in [-0.05, 0) is 24.6 Å². The molecule has 6 heteroatoms. The van der Waals surface area contributed by atoms with Crippen LogP contribution in [0.5, 0.6) is 5.75 Å². The monoisotopic (exact) mass is 276 g/mol. The van der Waals surface area contributed by atoms with Crippen molar-refractivity contribution in [1.82, 2.24) is 0 Å². The maximum atomic E-state index is 11.0. The number of ether oxygens (including phenoxy) is 1. The van der Waals surface area contributed by atoms with Gasteiger partial charge in [-0.3, -0.25) is 0 Å². The zero-order chi connectivity index (χ0) is 12.6. The Morgan fingerprint density at radius 3 is 2.59 bits per heavy atom. The van der Waals surface area contributed by atoms with Gasteiger partial charge in [0.2, 0.25) is 0 Å². The fourth-order valence-electron chi connectivity index (χ4n) is 1.64. The smallest absolute Gasteiger partial charge is 0.157 e. The second kappa shape index (κ2) is 4.48. The second-order valence-electron chi connectivity index (χ2n) is 4.18. The number of rotatable bonds is 3. The van der Waals surface area contributed by atoms with Crippen LogP contribution in [0.4, 0.5) is 0 Å². The van der Waals surface area contributed by atoms with Crippen molar-refractivity contribution in [1.29, 1.82) is 0 Å². The van der Waals surface area contributed by atoms with Crippen LogP contribution < -0.4 is 4.74 Å². The fourth-order valence-corrected chi connectivity index (χ4v) is 3.04. The Bertz CT molecular complexity index is 512. The van der Waals surface area contributed by atoms with E-state index >= 15 is 0 Å². The summed E-state index contributed by atoms with van der Waals surface area (Å²) in [5.41, 5.74) is 0.698. The van der Waals surface area contributed by atoms with Gasteiger partial charge in [0, 0.05) is 0 Å². The van der Waals surface area contributed by atoms with Crippen LogP contribution in [0.1, 0.15) is 18.6 Å². The number of hydrogen-bond donors (Lipinski definition) is 1. The predicted molar refractivity (Wildman–Crippen MR) is 65.2 cm³/mol. The van der Waals surface area contributed by atoms with Gasteiger partial charge < -0.3 is 9.84 Å². The molecule has 1 aliphatic rings. The lowest BCUT2D eigenvalue weighted by molar-refractivity contribution is 0.198. The van der Waals surface area contributed by atoms with E-state index in [1.54, 1.807) is 25.1 Å². The van der Waals surface area contributed by atoms with E-state index in [2.05, 4.69) is 0 Å². The maximum absolute atomic E-state index is 11.0. The van der Waals surface area contributed by atoms with E-state index in [0.717, 1.165) is 0 Å². The number of halogens is 1. The highest BCUT2D eigenvalue weighted by Gasteiger charge is 2.35. The fraction of sp³-hybridized carbons (Fsp3) is 0.455. The SMILES string of the molecule is CC(O)c1ccc(OC2CS(=O)(=O)C2)c(Cl)c1. The van der Waals surface area contributed by atoms with E-state index < -0.39 is 15.9 Å². The molecule has 1 aliphatic heterocycles. The highest BCUT2D eigenvalue weighted by Crippen LogP contribution is 2.30. The molecule has 1 N–H and O–H groups in total. The molecule has 17 heavy (non-hydrogen) atoms. The summed E-state index contributed by atoms with van der Waals surface area (Å²) in [6, 6.07) is 4.98. The van der Waals surface area contributed by atoms with Crippen LogP contribution in [-0.4, -0.2) is 31.1 Å². The molecule has 2 rings (SSSR count). The van der Waals surface area contributed by atoms with Crippen molar-refractivity contribution >= 4 is 21.4 Å². The molecule has 1 unspecified atom stereocenters. The molecule has 1 heterocycles. The van der Waals surface area contributed by atoms with Crippen LogP contribution in [-0.2, 0) is 9.84 Å². The first-order valence-corrected chi connectivity index (χ1v) is 7.42. The highest BCUT2D eigenvalue weighted by atomic mass is 35.5. The Hall–Kier alpha value is -0.780. The lowest BCUT2D eigenvalue weighted by Gasteiger charge is -2.27. The van der Waals surface area contributed by atoms with Crippen molar-refractivity contribution < 1.29 is 18.3 Å². The predicted octanol–water partition coefficient (Wildman–Crippen LogP) is 1.57. The van der Waals surface area contributed by atoms with Crippen LogP contribution in [0, 0.1) is 0 Å². The normalized spacial score (nSPS) is 20.6. The zero-order valence-corrected chi connectivity index (χ0v) is 10.8. The zero-order valence-electron chi connectivity index (χ0n) is 9.26. The van der Waals surface area contributed by atoms with Gasteiger partial charge in [0.25, 0.3) is 0 Å². The first kappa shape index (κ1) is 12.7.